The summed E-state index contributed by atoms with van der Waals surface area (Å²) in [5, 5.41) is 56.6. The number of rotatable bonds is 3. The minimum atomic E-state index is -2.89. The molecule has 32 heavy (non-hydrogen) atoms. The predicted octanol–water partition coefficient (Wildman–Crippen LogP) is -0.476. The van der Waals surface area contributed by atoms with Gasteiger partial charge < -0.3 is 36.6 Å². The van der Waals surface area contributed by atoms with Crippen LogP contribution < -0.4 is 11.1 Å². The van der Waals surface area contributed by atoms with Gasteiger partial charge in [-0.15, -0.1) is 0 Å². The molecule has 3 aliphatic rings. The van der Waals surface area contributed by atoms with Crippen molar-refractivity contribution in [2.45, 2.75) is 31.0 Å². The second-order valence-corrected chi connectivity index (χ2v) is 8.17. The van der Waals surface area contributed by atoms with E-state index in [0.717, 1.165) is 0 Å². The molecule has 1 fully saturated rings. The number of nitrogens with two attached hydrogens (primary N) is 1. The van der Waals surface area contributed by atoms with E-state index in [4.69, 9.17) is 5.73 Å². The Morgan fingerprint density at radius 1 is 1.25 bits per heavy atom. The van der Waals surface area contributed by atoms with Gasteiger partial charge in [-0.1, -0.05) is 13.0 Å². The zero-order valence-electron chi connectivity index (χ0n) is 16.7. The highest BCUT2D eigenvalue weighted by molar-refractivity contribution is 6.23. The summed E-state index contributed by atoms with van der Waals surface area (Å²) >= 11 is 0. The number of aliphatic hydroxyl groups excluding tert-OH is 3. The molecule has 5 atom stereocenters. The molecule has 3 aliphatic carbocycles. The van der Waals surface area contributed by atoms with Gasteiger partial charge in [-0.2, -0.15) is 0 Å². The lowest BCUT2D eigenvalue weighted by molar-refractivity contribution is -0.160. The molecule has 0 bridgehead atoms. The smallest absolute Gasteiger partial charge is 0.255 e. The van der Waals surface area contributed by atoms with Crippen LogP contribution in [-0.4, -0.2) is 61.1 Å². The number of fused-ring (bicyclic) bond motifs is 3. The van der Waals surface area contributed by atoms with E-state index in [9.17, 15) is 44.7 Å². The number of nitrogens with one attached hydrogen (secondary N) is 1. The highest BCUT2D eigenvalue weighted by Gasteiger charge is 2.64. The highest BCUT2D eigenvalue weighted by atomic mass is 16.4. The number of Topliss-reactive ketones (excluding diaryl/α,β-unsaturated/α-hetero) is 2. The molecule has 11 heteroatoms. The van der Waals surface area contributed by atoms with Crippen molar-refractivity contribution >= 4 is 35.3 Å². The number of aromatic hydroxyl groups is 1. The number of primary amides is 1. The molecule has 2 amide bonds. The maximum absolute atomic E-state index is 13.4. The van der Waals surface area contributed by atoms with E-state index in [0.29, 0.717) is 12.0 Å². The van der Waals surface area contributed by atoms with Crippen LogP contribution in [0.15, 0.2) is 29.0 Å². The summed E-state index contributed by atoms with van der Waals surface area (Å²) in [7, 11) is 0. The zero-order valence-corrected chi connectivity index (χ0v) is 16.7. The summed E-state index contributed by atoms with van der Waals surface area (Å²) in [6.45, 7) is 1.61. The Kier molecular flexibility index (Phi) is 4.64. The molecule has 0 heterocycles. The lowest BCUT2D eigenvalue weighted by Crippen LogP contribution is -2.63. The van der Waals surface area contributed by atoms with Crippen LogP contribution >= 0.6 is 0 Å². The first-order chi connectivity index (χ1) is 15.0. The van der Waals surface area contributed by atoms with Gasteiger partial charge in [0, 0.05) is 23.8 Å². The molecule has 11 nitrogen and oxygen atoms in total. The van der Waals surface area contributed by atoms with Crippen molar-refractivity contribution < 1.29 is 44.7 Å². The molecule has 0 aromatic heterocycles. The zero-order chi connectivity index (χ0) is 23.7. The number of benzene rings is 1. The van der Waals surface area contributed by atoms with E-state index < -0.39 is 81.8 Å². The number of phenolic OH excluding ortho intramolecular Hbond substituents is 1. The summed E-state index contributed by atoms with van der Waals surface area (Å²) in [5.74, 6) is -9.40. The molecular weight excluding hydrogens is 424 g/mol. The average molecular weight is 444 g/mol. The normalized spacial score (nSPS) is 31.6. The summed E-state index contributed by atoms with van der Waals surface area (Å²) in [6.07, 6.45) is -1.92. The lowest BCUT2D eigenvalue weighted by atomic mass is 9.55. The largest absolute Gasteiger partial charge is 0.508 e. The van der Waals surface area contributed by atoms with Gasteiger partial charge in [-0.25, -0.2) is 0 Å². The number of ketones is 2. The Hall–Kier alpha value is -3.70. The number of aliphatic hydroxyl groups is 4. The molecule has 168 valence electrons. The fraction of sp³-hybridized carbons (Fsp3) is 0.333. The first kappa shape index (κ1) is 21.5. The van der Waals surface area contributed by atoms with Crippen LogP contribution in [-0.2, 0) is 19.2 Å². The standard InChI is InChI=1S/C21H20N2O9/c1-6-7-2-3-9(23-5-24)16(27)12(7)17(28)14-11(6)15(26)8-4-10(25)13(20(22)31)18(29)21(8,32)19(14)30/h2-3,5-6,8,11,15,26-29,32H,4H2,1H3,(H2,22,31)(H,23,24)/t6-,8+,11+,15+,21+/m0/s1. The van der Waals surface area contributed by atoms with Crippen molar-refractivity contribution in [3.05, 3.63) is 40.2 Å². The van der Waals surface area contributed by atoms with Gasteiger partial charge >= 0.3 is 0 Å². The molecule has 4 rings (SSSR count). The van der Waals surface area contributed by atoms with E-state index in [-0.39, 0.29) is 11.3 Å². The maximum Gasteiger partial charge on any atom is 0.255 e. The molecule has 0 unspecified atom stereocenters. The number of carbonyl (C=O) groups is 4. The van der Waals surface area contributed by atoms with Crippen LogP contribution in [0.1, 0.15) is 30.4 Å². The molecule has 1 aromatic rings. The van der Waals surface area contributed by atoms with Crippen molar-refractivity contribution in [1.29, 1.82) is 0 Å². The van der Waals surface area contributed by atoms with Crippen LogP contribution in [0.2, 0.25) is 0 Å². The van der Waals surface area contributed by atoms with Crippen LogP contribution in [0.4, 0.5) is 5.69 Å². The van der Waals surface area contributed by atoms with Gasteiger partial charge in [0.15, 0.2) is 11.4 Å². The van der Waals surface area contributed by atoms with Crippen LogP contribution in [0.5, 0.6) is 5.75 Å². The Morgan fingerprint density at radius 3 is 2.50 bits per heavy atom. The van der Waals surface area contributed by atoms with Crippen molar-refractivity contribution in [1.82, 2.24) is 0 Å². The van der Waals surface area contributed by atoms with E-state index >= 15 is 0 Å². The van der Waals surface area contributed by atoms with Crippen molar-refractivity contribution in [3.63, 3.8) is 0 Å². The molecule has 0 radical (unpaired) electrons. The van der Waals surface area contributed by atoms with E-state index in [2.05, 4.69) is 5.32 Å². The second kappa shape index (κ2) is 6.90. The van der Waals surface area contributed by atoms with Crippen LogP contribution in [0.3, 0.4) is 0 Å². The minimum absolute atomic E-state index is 0.0565. The van der Waals surface area contributed by atoms with Crippen molar-refractivity contribution in [2.24, 2.45) is 17.6 Å². The topological polar surface area (TPSA) is 207 Å². The van der Waals surface area contributed by atoms with Crippen LogP contribution in [0.25, 0.3) is 5.76 Å². The Bertz CT molecular complexity index is 1170. The second-order valence-electron chi connectivity index (χ2n) is 8.17. The summed E-state index contributed by atoms with van der Waals surface area (Å²) < 4.78 is 0. The predicted molar refractivity (Wildman–Crippen MR) is 107 cm³/mol. The lowest BCUT2D eigenvalue weighted by Gasteiger charge is -2.50. The fourth-order valence-electron chi connectivity index (χ4n) is 5.18. The third-order valence-corrected chi connectivity index (χ3v) is 6.72. The molecule has 1 aromatic carbocycles. The number of amides is 2. The number of anilines is 1. The molecular formula is C21H20N2O9. The van der Waals surface area contributed by atoms with Gasteiger partial charge in [0.05, 0.1) is 17.4 Å². The van der Waals surface area contributed by atoms with E-state index in [1.54, 1.807) is 6.92 Å². The van der Waals surface area contributed by atoms with Crippen molar-refractivity contribution in [2.75, 3.05) is 5.32 Å². The number of carbonyl (C=O) groups excluding carboxylic acids is 4. The first-order valence-corrected chi connectivity index (χ1v) is 9.69. The third-order valence-electron chi connectivity index (χ3n) is 6.72. The van der Waals surface area contributed by atoms with Gasteiger partial charge in [0.25, 0.3) is 5.91 Å². The Balaban J connectivity index is 2.00. The van der Waals surface area contributed by atoms with Gasteiger partial charge in [-0.05, 0) is 17.5 Å². The third kappa shape index (κ3) is 2.49. The molecule has 8 N–H and O–H groups in total. The number of hydrogen-bond acceptors (Lipinski definition) is 9. The molecule has 1 saturated carbocycles. The minimum Gasteiger partial charge on any atom is -0.508 e. The van der Waals surface area contributed by atoms with Gasteiger partial charge in [0.2, 0.25) is 12.2 Å². The quantitative estimate of drug-likeness (QED) is 0.182. The van der Waals surface area contributed by atoms with E-state index in [1.165, 1.54) is 12.1 Å². The Morgan fingerprint density at radius 2 is 1.91 bits per heavy atom. The van der Waals surface area contributed by atoms with Gasteiger partial charge in [-0.3, -0.25) is 19.2 Å². The first-order valence-electron chi connectivity index (χ1n) is 9.69. The molecule has 0 aliphatic heterocycles. The molecule has 0 spiro atoms. The highest BCUT2D eigenvalue weighted by Crippen LogP contribution is 2.56. The van der Waals surface area contributed by atoms with Crippen LogP contribution in [0, 0.1) is 11.8 Å². The summed E-state index contributed by atoms with van der Waals surface area (Å²) in [4.78, 5) is 48.3. The van der Waals surface area contributed by atoms with Gasteiger partial charge in [0.1, 0.15) is 22.8 Å². The summed E-state index contributed by atoms with van der Waals surface area (Å²) in [6, 6.07) is 2.87. The van der Waals surface area contributed by atoms with E-state index in [1.807, 2.05) is 0 Å². The average Bonchev–Trinajstić information content (AvgIpc) is 2.72. The number of phenols is 1. The van der Waals surface area contributed by atoms with Crippen molar-refractivity contribution in [3.8, 4) is 5.75 Å². The SMILES string of the molecule is C[C@H]1c2ccc(NC=O)c(O)c2C(O)=C2C(=O)[C@]3(O)C(O)=C(C(N)=O)C(=O)C[C@@H]3[C@@H](O)[C@@H]21. The maximum atomic E-state index is 13.4. The number of hydrogen-bond donors (Lipinski definition) is 7. The Labute approximate surface area is 180 Å². The molecule has 0 saturated heterocycles. The summed E-state index contributed by atoms with van der Waals surface area (Å²) in [5.41, 5.74) is 0.904. The monoisotopic (exact) mass is 444 g/mol. The fourth-order valence-corrected chi connectivity index (χ4v) is 5.18.